The first kappa shape index (κ1) is 33.2. The fourth-order valence-electron chi connectivity index (χ4n) is 9.50. The third-order valence-corrected chi connectivity index (χ3v) is 16.7. The van der Waals surface area contributed by atoms with Crippen LogP contribution in [0.25, 0.3) is 66.1 Å². The third-order valence-electron chi connectivity index (χ3n) is 11.9. The normalized spacial score (nSPS) is 11.9. The van der Waals surface area contributed by atoms with Gasteiger partial charge in [0, 0.05) is 27.2 Å². The summed E-state index contributed by atoms with van der Waals surface area (Å²) in [6.45, 7) is 0. The van der Waals surface area contributed by atoms with E-state index in [1.165, 1.54) is 81.2 Å². The van der Waals surface area contributed by atoms with Crippen LogP contribution >= 0.6 is 0 Å². The van der Waals surface area contributed by atoms with Gasteiger partial charge in [-0.3, -0.25) is 0 Å². The van der Waals surface area contributed by atoms with Crippen molar-refractivity contribution in [2.75, 3.05) is 0 Å². The second-order valence-electron chi connectivity index (χ2n) is 14.8. The van der Waals surface area contributed by atoms with Crippen LogP contribution in [0.4, 0.5) is 0 Å². The Bertz CT molecular complexity index is 3110. The quantitative estimate of drug-likeness (QED) is 0.114. The molecule has 2 nitrogen and oxygen atoms in total. The van der Waals surface area contributed by atoms with Gasteiger partial charge < -0.3 is 9.13 Å². The molecule has 11 aromatic rings. The molecule has 0 radical (unpaired) electrons. The molecule has 0 spiro atoms. The van der Waals surface area contributed by atoms with Gasteiger partial charge in [0.2, 0.25) is 0 Å². The summed E-state index contributed by atoms with van der Waals surface area (Å²) in [5.74, 6) is 0. The number of nitrogens with zero attached hydrogens (tertiary/aromatic N) is 2. The van der Waals surface area contributed by atoms with E-state index in [-0.39, 0.29) is 0 Å². The number of rotatable bonds is 7. The van der Waals surface area contributed by atoms with Crippen molar-refractivity contribution in [2.24, 2.45) is 0 Å². The topological polar surface area (TPSA) is 9.86 Å². The molecule has 0 saturated carbocycles. The predicted molar refractivity (Wildman–Crippen MR) is 244 cm³/mol. The van der Waals surface area contributed by atoms with Crippen molar-refractivity contribution in [1.29, 1.82) is 0 Å². The Labute approximate surface area is 333 Å². The Morgan fingerprint density at radius 2 is 0.842 bits per heavy atom. The molecule has 0 aliphatic rings. The van der Waals surface area contributed by atoms with Crippen LogP contribution in [0, 0.1) is 0 Å². The van der Waals surface area contributed by atoms with E-state index >= 15 is 0 Å². The fourth-order valence-corrected chi connectivity index (χ4v) is 14.5. The highest BCUT2D eigenvalue weighted by molar-refractivity contribution is 7.20. The summed E-state index contributed by atoms with van der Waals surface area (Å²) in [7, 11) is -2.96. The molecule has 57 heavy (non-hydrogen) atoms. The predicted octanol–water partition coefficient (Wildman–Crippen LogP) is 10.9. The Kier molecular flexibility index (Phi) is 7.87. The molecule has 0 saturated heterocycles. The van der Waals surface area contributed by atoms with Gasteiger partial charge in [0.1, 0.15) is 0 Å². The van der Waals surface area contributed by atoms with E-state index in [2.05, 4.69) is 240 Å². The number of hydrogen-bond acceptors (Lipinski definition) is 0. The summed E-state index contributed by atoms with van der Waals surface area (Å²) < 4.78 is 5.04. The minimum absolute atomic E-state index is 1.15. The monoisotopic (exact) mass is 742 g/mol. The molecule has 0 atom stereocenters. The van der Waals surface area contributed by atoms with Gasteiger partial charge in [0.05, 0.1) is 27.8 Å². The molecule has 2 aromatic heterocycles. The lowest BCUT2D eigenvalue weighted by Gasteiger charge is -2.35. The highest BCUT2D eigenvalue weighted by atomic mass is 28.3. The van der Waals surface area contributed by atoms with Gasteiger partial charge in [-0.1, -0.05) is 194 Å². The van der Waals surface area contributed by atoms with E-state index in [4.69, 9.17) is 0 Å². The number of hydrogen-bond donors (Lipinski definition) is 0. The molecular formula is C54H38N2Si. The molecule has 0 amide bonds. The highest BCUT2D eigenvalue weighted by Crippen LogP contribution is 2.41. The lowest BCUT2D eigenvalue weighted by Crippen LogP contribution is -2.75. The lowest BCUT2D eigenvalue weighted by atomic mass is 10.0. The fraction of sp³-hybridized carbons (Fsp3) is 0. The van der Waals surface area contributed by atoms with Gasteiger partial charge in [-0.05, 0) is 68.3 Å². The zero-order chi connectivity index (χ0) is 37.8. The van der Waals surface area contributed by atoms with Crippen molar-refractivity contribution in [3.05, 3.63) is 231 Å². The molecule has 0 fully saturated rings. The Balaban J connectivity index is 1.36. The van der Waals surface area contributed by atoms with Gasteiger partial charge in [0.15, 0.2) is 8.07 Å². The van der Waals surface area contributed by atoms with Gasteiger partial charge in [-0.2, -0.15) is 0 Å². The molecule has 0 unspecified atom stereocenters. The van der Waals surface area contributed by atoms with Crippen LogP contribution in [-0.2, 0) is 0 Å². The van der Waals surface area contributed by atoms with Gasteiger partial charge in [-0.15, -0.1) is 0 Å². The van der Waals surface area contributed by atoms with Crippen LogP contribution < -0.4 is 20.7 Å². The maximum Gasteiger partial charge on any atom is 0.181 e. The van der Waals surface area contributed by atoms with E-state index in [1.54, 1.807) is 0 Å². The standard InChI is InChI=1S/C54H38N2Si/c1-6-20-39(21-7-1)40-36-37-45-46-31-18-35-52(57(42-24-10-3-11-25-42,43-26-12-4-13-27-43)44-28-14-5-15-29-44)54(46)56(51(45)38-40)50-34-19-33-49-53(50)47-30-16-17-32-48(47)55(49)41-22-8-2-9-23-41/h1-38H. The summed E-state index contributed by atoms with van der Waals surface area (Å²) in [5.41, 5.74) is 9.56. The SMILES string of the molecule is c1ccc(-c2ccc3c4cccc([Si](c5ccccc5)(c5ccccc5)c5ccccc5)c4n(-c4cccc5c4c4ccccc4n5-c4ccccc4)c3c2)cc1. The molecule has 11 rings (SSSR count). The molecule has 2 heterocycles. The molecule has 9 aromatic carbocycles. The Morgan fingerprint density at radius 3 is 1.49 bits per heavy atom. The third kappa shape index (κ3) is 5.10. The van der Waals surface area contributed by atoms with Gasteiger partial charge in [-0.25, -0.2) is 0 Å². The Morgan fingerprint density at radius 1 is 0.316 bits per heavy atom. The Hall–Kier alpha value is -7.20. The zero-order valence-electron chi connectivity index (χ0n) is 31.3. The first-order chi connectivity index (χ1) is 28.3. The van der Waals surface area contributed by atoms with Crippen molar-refractivity contribution >= 4 is 72.4 Å². The number of aromatic nitrogens is 2. The maximum atomic E-state index is 2.62. The van der Waals surface area contributed by atoms with Crippen LogP contribution in [0.3, 0.4) is 0 Å². The molecule has 0 N–H and O–H groups in total. The van der Waals surface area contributed by atoms with Crippen molar-refractivity contribution in [3.8, 4) is 22.5 Å². The molecule has 3 heteroatoms. The second kappa shape index (κ2) is 13.5. The molecule has 268 valence electrons. The summed E-state index contributed by atoms with van der Waals surface area (Å²) in [6.07, 6.45) is 0. The summed E-state index contributed by atoms with van der Waals surface area (Å²) in [6, 6.07) is 85.3. The average molecular weight is 743 g/mol. The number of fused-ring (bicyclic) bond motifs is 6. The van der Waals surface area contributed by atoms with E-state index in [9.17, 15) is 0 Å². The first-order valence-electron chi connectivity index (χ1n) is 19.7. The average Bonchev–Trinajstić information content (AvgIpc) is 3.82. The van der Waals surface area contributed by atoms with Crippen LogP contribution in [0.2, 0.25) is 0 Å². The minimum atomic E-state index is -2.96. The van der Waals surface area contributed by atoms with E-state index in [0.29, 0.717) is 0 Å². The number of benzene rings is 9. The maximum absolute atomic E-state index is 2.96. The zero-order valence-corrected chi connectivity index (χ0v) is 32.3. The van der Waals surface area contributed by atoms with Crippen LogP contribution in [0.5, 0.6) is 0 Å². The van der Waals surface area contributed by atoms with Crippen molar-refractivity contribution < 1.29 is 0 Å². The van der Waals surface area contributed by atoms with Crippen LogP contribution in [0.15, 0.2) is 231 Å². The summed E-state index contributed by atoms with van der Waals surface area (Å²) in [5, 5.41) is 10.4. The lowest BCUT2D eigenvalue weighted by molar-refractivity contribution is 1.17. The van der Waals surface area contributed by atoms with Crippen molar-refractivity contribution in [3.63, 3.8) is 0 Å². The molecular weight excluding hydrogens is 705 g/mol. The highest BCUT2D eigenvalue weighted by Gasteiger charge is 2.43. The van der Waals surface area contributed by atoms with Crippen LogP contribution in [0.1, 0.15) is 0 Å². The second-order valence-corrected chi connectivity index (χ2v) is 18.6. The van der Waals surface area contributed by atoms with E-state index in [0.717, 1.165) is 5.69 Å². The van der Waals surface area contributed by atoms with Gasteiger partial charge >= 0.3 is 0 Å². The molecule has 0 bridgehead atoms. The van der Waals surface area contributed by atoms with E-state index < -0.39 is 8.07 Å². The largest absolute Gasteiger partial charge is 0.309 e. The van der Waals surface area contributed by atoms with Crippen LogP contribution in [-0.4, -0.2) is 17.2 Å². The van der Waals surface area contributed by atoms with E-state index in [1.807, 2.05) is 0 Å². The minimum Gasteiger partial charge on any atom is -0.309 e. The first-order valence-corrected chi connectivity index (χ1v) is 21.7. The summed E-state index contributed by atoms with van der Waals surface area (Å²) >= 11 is 0. The van der Waals surface area contributed by atoms with Gasteiger partial charge in [0.25, 0.3) is 0 Å². The smallest absolute Gasteiger partial charge is 0.181 e. The van der Waals surface area contributed by atoms with Crippen molar-refractivity contribution in [1.82, 2.24) is 9.13 Å². The number of para-hydroxylation sites is 3. The van der Waals surface area contributed by atoms with Crippen molar-refractivity contribution in [2.45, 2.75) is 0 Å². The molecule has 0 aliphatic carbocycles. The summed E-state index contributed by atoms with van der Waals surface area (Å²) in [4.78, 5) is 0. The molecule has 0 aliphatic heterocycles.